The Bertz CT molecular complexity index is 1940. The van der Waals surface area contributed by atoms with Crippen LogP contribution in [-0.2, 0) is 18.0 Å². The molecule has 0 aliphatic carbocycles. The highest BCUT2D eigenvalue weighted by Gasteiger charge is 2.31. The molecule has 0 aliphatic rings. The fourth-order valence-electron chi connectivity index (χ4n) is 8.87. The summed E-state index contributed by atoms with van der Waals surface area (Å²) < 4.78 is 31.1. The van der Waals surface area contributed by atoms with Crippen LogP contribution in [0.4, 0.5) is 0 Å². The van der Waals surface area contributed by atoms with Gasteiger partial charge in [-0.1, -0.05) is 184 Å². The summed E-state index contributed by atoms with van der Waals surface area (Å²) in [6.45, 7) is 26.7. The van der Waals surface area contributed by atoms with E-state index in [1.807, 2.05) is 6.92 Å². The normalized spacial score (nSPS) is 15.4. The highest BCUT2D eigenvalue weighted by atomic mass is 31.3. The molecule has 0 saturated heterocycles. The van der Waals surface area contributed by atoms with E-state index in [4.69, 9.17) is 14.3 Å². The van der Waals surface area contributed by atoms with Crippen LogP contribution in [0.5, 0.6) is 0 Å². The molecule has 9 heteroatoms. The lowest BCUT2D eigenvalue weighted by Gasteiger charge is -2.11. The number of phosphoric ester groups is 1. The Morgan fingerprint density at radius 1 is 0.333 bits per heavy atom. The number of hydrogen-bond donors (Lipinski definition) is 3. The van der Waals surface area contributed by atoms with Gasteiger partial charge in [-0.15, -0.1) is 0 Å². The largest absolute Gasteiger partial charge is 0.481 e. The molecule has 0 amide bonds. The van der Waals surface area contributed by atoms with Crippen LogP contribution in [-0.4, -0.2) is 21.3 Å². The summed E-state index contributed by atoms with van der Waals surface area (Å²) in [5, 5.41) is 0. The molecule has 1 unspecified atom stereocenters. The molecule has 0 saturated carbocycles. The lowest BCUT2D eigenvalue weighted by Crippen LogP contribution is -1.95. The van der Waals surface area contributed by atoms with Crippen LogP contribution in [0.3, 0.4) is 0 Å². The van der Waals surface area contributed by atoms with Gasteiger partial charge in [0.15, 0.2) is 0 Å². The monoisotopic (exact) mass is 1040 g/mol. The first-order chi connectivity index (χ1) is 34.4. The highest BCUT2D eigenvalue weighted by Crippen LogP contribution is 2.57. The van der Waals surface area contributed by atoms with E-state index in [0.717, 1.165) is 147 Å². The number of phosphoric acid groups is 2. The summed E-state index contributed by atoms with van der Waals surface area (Å²) in [7, 11) is -9.96. The number of hydrogen-bond acceptors (Lipinski definition) is 4. The zero-order valence-electron chi connectivity index (χ0n) is 48.2. The first-order valence-electron chi connectivity index (χ1n) is 28.5. The van der Waals surface area contributed by atoms with Crippen LogP contribution in [0, 0.1) is 0 Å². The maximum Gasteiger partial charge on any atom is 0.481 e. The molecule has 7 nitrogen and oxygen atoms in total. The Morgan fingerprint density at radius 3 is 0.792 bits per heavy atom. The van der Waals surface area contributed by atoms with Crippen LogP contribution in [0.15, 0.2) is 128 Å². The van der Waals surface area contributed by atoms with Crippen molar-refractivity contribution in [3.8, 4) is 0 Å². The topological polar surface area (TPSA) is 113 Å². The molecule has 0 spiro atoms. The standard InChI is InChI=1S/C63H108O7P2/c1-13-56(36-23-35-55(12)34-22-33-54(11)32-21-31-53(9)10)37-24-38-57(14-2)39-25-40-58(15-3)41-26-42-59(16-4)43-27-44-60(17-5)45-28-46-61(18-6)47-29-48-62(19-7)49-30-50-63(20-8)51-52-69-72(67,68)70-71(64,65)66/h31,33,35,37,39,41,43,45,47,49,51H,13-30,32,34,36,38,40,42,44,46,48,50,52H2,1-12H3,(H,67,68)(H2,64,65,66)/b54-33+,55-35+,56-37-,57-39-,58-41-,59-43-,60-45-,61-47-,62-49-,63-51-. The summed E-state index contributed by atoms with van der Waals surface area (Å²) in [5.74, 6) is 0. The van der Waals surface area contributed by atoms with Crippen molar-refractivity contribution in [2.24, 2.45) is 0 Å². The zero-order valence-corrected chi connectivity index (χ0v) is 50.0. The predicted octanol–water partition coefficient (Wildman–Crippen LogP) is 21.6. The molecule has 0 fully saturated rings. The van der Waals surface area contributed by atoms with E-state index in [2.05, 4.69) is 141 Å². The van der Waals surface area contributed by atoms with Gasteiger partial charge in [-0.3, -0.25) is 4.52 Å². The van der Waals surface area contributed by atoms with Crippen molar-refractivity contribution in [1.29, 1.82) is 0 Å². The average Bonchev–Trinajstić information content (AvgIpc) is 3.33. The molecular formula is C63H108O7P2. The molecular weight excluding hydrogens is 931 g/mol. The molecule has 0 rings (SSSR count). The van der Waals surface area contributed by atoms with Gasteiger partial charge in [-0.2, -0.15) is 4.31 Å². The van der Waals surface area contributed by atoms with Crippen LogP contribution < -0.4 is 0 Å². The lowest BCUT2D eigenvalue weighted by molar-refractivity contribution is 0.191. The van der Waals surface area contributed by atoms with Crippen molar-refractivity contribution in [2.45, 2.75) is 263 Å². The summed E-state index contributed by atoms with van der Waals surface area (Å²) in [4.78, 5) is 27.1. The minimum atomic E-state index is -5.13. The molecule has 1 atom stereocenters. The third kappa shape index (κ3) is 39.8. The Kier molecular flexibility index (Phi) is 42.0. The smallest absolute Gasteiger partial charge is 0.302 e. The first kappa shape index (κ1) is 69.4. The van der Waals surface area contributed by atoms with Crippen molar-refractivity contribution in [3.05, 3.63) is 128 Å². The van der Waals surface area contributed by atoms with Gasteiger partial charge in [0.25, 0.3) is 0 Å². The summed E-state index contributed by atoms with van der Waals surface area (Å²) in [5.41, 5.74) is 16.5. The van der Waals surface area contributed by atoms with E-state index >= 15 is 0 Å². The van der Waals surface area contributed by atoms with Gasteiger partial charge < -0.3 is 14.7 Å². The van der Waals surface area contributed by atoms with Crippen molar-refractivity contribution in [2.75, 3.05) is 6.61 Å². The summed E-state index contributed by atoms with van der Waals surface area (Å²) in [6.07, 6.45) is 57.0. The third-order valence-corrected chi connectivity index (χ3v) is 16.0. The molecule has 0 radical (unpaired) electrons. The molecule has 412 valence electrons. The Hall–Kier alpha value is -2.60. The van der Waals surface area contributed by atoms with Crippen LogP contribution >= 0.6 is 15.6 Å². The molecule has 0 aromatic carbocycles. The molecule has 72 heavy (non-hydrogen) atoms. The second kappa shape index (κ2) is 43.6. The zero-order chi connectivity index (χ0) is 54.0. The van der Waals surface area contributed by atoms with E-state index in [0.29, 0.717) is 0 Å². The highest BCUT2D eigenvalue weighted by molar-refractivity contribution is 7.60. The fraction of sp³-hybridized carbons (Fsp3) is 0.651. The lowest BCUT2D eigenvalue weighted by atomic mass is 9.98. The fourth-order valence-corrected chi connectivity index (χ4v) is 10.4. The minimum Gasteiger partial charge on any atom is -0.302 e. The molecule has 0 aliphatic heterocycles. The van der Waals surface area contributed by atoms with E-state index in [9.17, 15) is 14.0 Å². The van der Waals surface area contributed by atoms with Crippen LogP contribution in [0.2, 0.25) is 0 Å². The third-order valence-electron chi connectivity index (χ3n) is 13.8. The minimum absolute atomic E-state index is 0.260. The Morgan fingerprint density at radius 2 is 0.556 bits per heavy atom. The maximum absolute atomic E-state index is 11.7. The Balaban J connectivity index is 4.92. The van der Waals surface area contributed by atoms with E-state index in [1.165, 1.54) is 66.4 Å². The first-order valence-corrected chi connectivity index (χ1v) is 31.5. The predicted molar refractivity (Wildman–Crippen MR) is 315 cm³/mol. The van der Waals surface area contributed by atoms with Crippen molar-refractivity contribution >= 4 is 15.6 Å². The van der Waals surface area contributed by atoms with Gasteiger partial charge in [0.05, 0.1) is 6.61 Å². The molecule has 0 aromatic rings. The van der Waals surface area contributed by atoms with E-state index < -0.39 is 15.6 Å². The van der Waals surface area contributed by atoms with Crippen molar-refractivity contribution in [1.82, 2.24) is 0 Å². The van der Waals surface area contributed by atoms with Crippen molar-refractivity contribution in [3.63, 3.8) is 0 Å². The summed E-state index contributed by atoms with van der Waals surface area (Å²) >= 11 is 0. The number of allylic oxidation sites excluding steroid dienone is 21. The van der Waals surface area contributed by atoms with E-state index in [1.54, 1.807) is 33.9 Å². The van der Waals surface area contributed by atoms with Crippen molar-refractivity contribution < 1.29 is 32.6 Å². The second-order valence-electron chi connectivity index (χ2n) is 19.8. The van der Waals surface area contributed by atoms with Gasteiger partial charge in [-0.25, -0.2) is 9.13 Å². The average molecular weight is 1040 g/mol. The van der Waals surface area contributed by atoms with E-state index in [-0.39, 0.29) is 6.61 Å². The second-order valence-corrected chi connectivity index (χ2v) is 22.7. The molecule has 0 bridgehead atoms. The quantitative estimate of drug-likeness (QED) is 0.0412. The SMILES string of the molecule is CC/C(=C/CC/C(=C\CC/C(=C\CC/C(=C\COP(=O)(O)OP(=O)(O)O)CC)CC)CC)CC/C=C(/CC)CC/C=C(/CC)CC/C=C(/CC)CC/C=C(/CC)CC/C=C(\C)CC/C=C(\C)CCC=C(C)C. The van der Waals surface area contributed by atoms with Gasteiger partial charge >= 0.3 is 15.6 Å². The summed E-state index contributed by atoms with van der Waals surface area (Å²) in [6, 6.07) is 0. The van der Waals surface area contributed by atoms with Gasteiger partial charge in [0.1, 0.15) is 0 Å². The Labute approximate surface area is 443 Å². The van der Waals surface area contributed by atoms with Gasteiger partial charge in [0.2, 0.25) is 0 Å². The van der Waals surface area contributed by atoms with Gasteiger partial charge in [0, 0.05) is 0 Å². The molecule has 0 aromatic heterocycles. The van der Waals surface area contributed by atoms with Crippen LogP contribution in [0.1, 0.15) is 263 Å². The maximum atomic E-state index is 11.7. The number of rotatable bonds is 43. The van der Waals surface area contributed by atoms with Gasteiger partial charge in [-0.05, 0) is 207 Å². The molecule has 3 N–H and O–H groups in total. The molecule has 0 heterocycles. The van der Waals surface area contributed by atoms with Crippen LogP contribution in [0.25, 0.3) is 0 Å².